The van der Waals surface area contributed by atoms with Crippen LogP contribution in [0, 0.1) is 6.92 Å². The van der Waals surface area contributed by atoms with E-state index in [9.17, 15) is 9.59 Å². The van der Waals surface area contributed by atoms with Gasteiger partial charge in [-0.25, -0.2) is 4.79 Å². The Morgan fingerprint density at radius 2 is 1.80 bits per heavy atom. The molecule has 150 valence electrons. The lowest BCUT2D eigenvalue weighted by molar-refractivity contribution is 0.414. The number of aromatic nitrogens is 6. The van der Waals surface area contributed by atoms with Crippen molar-refractivity contribution in [3.63, 3.8) is 0 Å². The number of methoxy groups -OCH3 is 1. The Labute approximate surface area is 170 Å². The maximum absolute atomic E-state index is 12.1. The fourth-order valence-corrected chi connectivity index (χ4v) is 3.07. The minimum atomic E-state index is -0.578. The van der Waals surface area contributed by atoms with Crippen molar-refractivity contribution in [2.24, 2.45) is 0 Å². The van der Waals surface area contributed by atoms with E-state index in [1.807, 2.05) is 37.3 Å². The lowest BCUT2D eigenvalue weighted by atomic mass is 10.0. The van der Waals surface area contributed by atoms with Crippen LogP contribution in [0.4, 0.5) is 0 Å². The molecule has 0 aliphatic carbocycles. The summed E-state index contributed by atoms with van der Waals surface area (Å²) in [7, 11) is 1.63. The quantitative estimate of drug-likeness (QED) is 0.522. The number of ether oxygens (including phenoxy) is 1. The molecule has 0 atom stereocenters. The highest BCUT2D eigenvalue weighted by Gasteiger charge is 2.12. The van der Waals surface area contributed by atoms with Gasteiger partial charge in [-0.3, -0.25) is 9.78 Å². The van der Waals surface area contributed by atoms with Crippen LogP contribution in [-0.2, 0) is 6.42 Å². The standard InChI is InChI=1S/C21H18N6O3/c1-12-17(9-19(27-25-12)18-11-22-21(29)24-20(18)28)14-8-15(26-23-10-14)7-13-3-5-16(30-2)6-4-13/h3-6,8-11H,7H2,1-2H3,(H2,22,24,28,29). The van der Waals surface area contributed by atoms with E-state index in [1.54, 1.807) is 19.4 Å². The number of hydrogen-bond acceptors (Lipinski definition) is 7. The molecule has 9 nitrogen and oxygen atoms in total. The summed E-state index contributed by atoms with van der Waals surface area (Å²) in [6, 6.07) is 11.4. The number of rotatable bonds is 5. The largest absolute Gasteiger partial charge is 0.497 e. The van der Waals surface area contributed by atoms with E-state index in [4.69, 9.17) is 4.74 Å². The number of aryl methyl sites for hydroxylation is 1. The molecule has 0 bridgehead atoms. The molecule has 0 radical (unpaired) electrons. The summed E-state index contributed by atoms with van der Waals surface area (Å²) in [4.78, 5) is 28.0. The van der Waals surface area contributed by atoms with Crippen LogP contribution in [0.25, 0.3) is 22.4 Å². The van der Waals surface area contributed by atoms with Crippen LogP contribution in [0.2, 0.25) is 0 Å². The molecular formula is C21H18N6O3. The molecule has 0 aliphatic heterocycles. The summed E-state index contributed by atoms with van der Waals surface area (Å²) in [6.07, 6.45) is 3.57. The van der Waals surface area contributed by atoms with Crippen molar-refractivity contribution in [1.82, 2.24) is 30.4 Å². The van der Waals surface area contributed by atoms with Crippen LogP contribution < -0.4 is 16.0 Å². The van der Waals surface area contributed by atoms with E-state index in [0.717, 1.165) is 28.1 Å². The van der Waals surface area contributed by atoms with Gasteiger partial charge in [0.25, 0.3) is 5.56 Å². The van der Waals surface area contributed by atoms with Gasteiger partial charge in [0.2, 0.25) is 0 Å². The number of nitrogens with one attached hydrogen (secondary N) is 2. The minimum Gasteiger partial charge on any atom is -0.497 e. The first-order valence-corrected chi connectivity index (χ1v) is 9.15. The lowest BCUT2D eigenvalue weighted by Crippen LogP contribution is -2.22. The van der Waals surface area contributed by atoms with Gasteiger partial charge in [0.15, 0.2) is 0 Å². The Hall–Kier alpha value is -4.14. The second kappa shape index (κ2) is 8.08. The Morgan fingerprint density at radius 3 is 2.53 bits per heavy atom. The first-order chi connectivity index (χ1) is 14.5. The predicted molar refractivity (Wildman–Crippen MR) is 110 cm³/mol. The molecule has 4 rings (SSSR count). The van der Waals surface area contributed by atoms with Crippen LogP contribution in [0.15, 0.2) is 58.4 Å². The Morgan fingerprint density at radius 1 is 1.00 bits per heavy atom. The van der Waals surface area contributed by atoms with E-state index in [1.165, 1.54) is 6.20 Å². The van der Waals surface area contributed by atoms with Gasteiger partial charge < -0.3 is 9.72 Å². The normalized spacial score (nSPS) is 10.7. The van der Waals surface area contributed by atoms with E-state index in [-0.39, 0.29) is 5.56 Å². The van der Waals surface area contributed by atoms with Gasteiger partial charge in [0.1, 0.15) is 11.4 Å². The number of hydrogen-bond donors (Lipinski definition) is 2. The molecule has 2 N–H and O–H groups in total. The first kappa shape index (κ1) is 19.2. The van der Waals surface area contributed by atoms with Crippen molar-refractivity contribution >= 4 is 0 Å². The fraction of sp³-hybridized carbons (Fsp3) is 0.143. The molecule has 0 fully saturated rings. The van der Waals surface area contributed by atoms with Crippen molar-refractivity contribution < 1.29 is 4.74 Å². The summed E-state index contributed by atoms with van der Waals surface area (Å²) in [5.41, 5.74) is 3.60. The lowest BCUT2D eigenvalue weighted by Gasteiger charge is -2.08. The Bertz CT molecular complexity index is 1310. The summed E-state index contributed by atoms with van der Waals surface area (Å²) in [5, 5.41) is 16.6. The second-order valence-electron chi connectivity index (χ2n) is 6.67. The molecule has 0 aliphatic rings. The zero-order valence-electron chi connectivity index (χ0n) is 16.3. The van der Waals surface area contributed by atoms with Crippen LogP contribution in [0.5, 0.6) is 5.75 Å². The summed E-state index contributed by atoms with van der Waals surface area (Å²) in [6.45, 7) is 1.83. The maximum Gasteiger partial charge on any atom is 0.325 e. The van der Waals surface area contributed by atoms with E-state index < -0.39 is 11.2 Å². The zero-order chi connectivity index (χ0) is 21.1. The van der Waals surface area contributed by atoms with E-state index in [0.29, 0.717) is 17.8 Å². The maximum atomic E-state index is 12.1. The minimum absolute atomic E-state index is 0.226. The van der Waals surface area contributed by atoms with Crippen molar-refractivity contribution in [2.75, 3.05) is 7.11 Å². The van der Waals surface area contributed by atoms with Gasteiger partial charge in [-0.15, -0.1) is 5.10 Å². The third-order valence-corrected chi connectivity index (χ3v) is 4.63. The molecule has 0 saturated heterocycles. The van der Waals surface area contributed by atoms with E-state index in [2.05, 4.69) is 30.4 Å². The highest BCUT2D eigenvalue weighted by Crippen LogP contribution is 2.25. The predicted octanol–water partition coefficient (Wildman–Crippen LogP) is 1.89. The van der Waals surface area contributed by atoms with Gasteiger partial charge >= 0.3 is 5.69 Å². The molecule has 0 amide bonds. The average molecular weight is 402 g/mol. The van der Waals surface area contributed by atoms with Gasteiger partial charge in [-0.05, 0) is 36.8 Å². The number of benzene rings is 1. The van der Waals surface area contributed by atoms with Crippen molar-refractivity contribution in [2.45, 2.75) is 13.3 Å². The van der Waals surface area contributed by atoms with Crippen molar-refractivity contribution in [3.05, 3.63) is 86.6 Å². The van der Waals surface area contributed by atoms with Crippen LogP contribution in [-0.4, -0.2) is 37.5 Å². The zero-order valence-corrected chi connectivity index (χ0v) is 16.3. The summed E-state index contributed by atoms with van der Waals surface area (Å²) < 4.78 is 5.19. The molecule has 3 aromatic heterocycles. The molecule has 9 heteroatoms. The van der Waals surface area contributed by atoms with E-state index >= 15 is 0 Å². The second-order valence-corrected chi connectivity index (χ2v) is 6.67. The highest BCUT2D eigenvalue weighted by molar-refractivity contribution is 5.70. The van der Waals surface area contributed by atoms with Gasteiger partial charge in [0.05, 0.1) is 30.3 Å². The fourth-order valence-electron chi connectivity index (χ4n) is 3.07. The van der Waals surface area contributed by atoms with Crippen molar-refractivity contribution in [3.8, 4) is 28.1 Å². The number of aromatic amines is 2. The summed E-state index contributed by atoms with van der Waals surface area (Å²) in [5.74, 6) is 0.793. The molecule has 4 aromatic rings. The summed E-state index contributed by atoms with van der Waals surface area (Å²) >= 11 is 0. The molecular weight excluding hydrogens is 384 g/mol. The first-order valence-electron chi connectivity index (χ1n) is 9.15. The van der Waals surface area contributed by atoms with Crippen molar-refractivity contribution in [1.29, 1.82) is 0 Å². The van der Waals surface area contributed by atoms with Crippen LogP contribution >= 0.6 is 0 Å². The van der Waals surface area contributed by atoms with Crippen LogP contribution in [0.3, 0.4) is 0 Å². The topological polar surface area (TPSA) is 127 Å². The number of nitrogens with zero attached hydrogens (tertiary/aromatic N) is 4. The number of H-pyrrole nitrogens is 2. The SMILES string of the molecule is COc1ccc(Cc2cc(-c3cc(-c4c[nH]c(=O)[nH]c4=O)nnc3C)cnn2)cc1. The molecule has 0 saturated carbocycles. The molecule has 0 spiro atoms. The third kappa shape index (κ3) is 4.00. The smallest absolute Gasteiger partial charge is 0.325 e. The Balaban J connectivity index is 1.69. The molecule has 3 heterocycles. The third-order valence-electron chi connectivity index (χ3n) is 4.63. The Kier molecular flexibility index (Phi) is 5.17. The highest BCUT2D eigenvalue weighted by atomic mass is 16.5. The molecule has 0 unspecified atom stereocenters. The molecule has 30 heavy (non-hydrogen) atoms. The van der Waals surface area contributed by atoms with Gasteiger partial charge in [-0.2, -0.15) is 15.3 Å². The van der Waals surface area contributed by atoms with Crippen LogP contribution in [0.1, 0.15) is 17.0 Å². The van der Waals surface area contributed by atoms with Gasteiger partial charge in [0, 0.05) is 23.7 Å². The van der Waals surface area contributed by atoms with Gasteiger partial charge in [-0.1, -0.05) is 12.1 Å². The monoisotopic (exact) mass is 402 g/mol. The molecule has 1 aromatic carbocycles. The average Bonchev–Trinajstić information content (AvgIpc) is 2.75.